The third kappa shape index (κ3) is 4.17. The van der Waals surface area contributed by atoms with Crippen molar-refractivity contribution in [3.63, 3.8) is 0 Å². The van der Waals surface area contributed by atoms with Gasteiger partial charge in [0.2, 0.25) is 5.91 Å². The molecule has 1 aromatic carbocycles. The second-order valence-corrected chi connectivity index (χ2v) is 7.19. The SMILES string of the molecule is CO[C@H]1CCN(C(=O)C2CCOCC2)C[C@H]1Cc1cccc(C)c1. The lowest BCUT2D eigenvalue weighted by atomic mass is 9.87. The van der Waals surface area contributed by atoms with Crippen LogP contribution < -0.4 is 0 Å². The maximum absolute atomic E-state index is 12.8. The molecule has 2 heterocycles. The molecular formula is C20H29NO3. The van der Waals surface area contributed by atoms with Gasteiger partial charge in [-0.3, -0.25) is 4.79 Å². The molecule has 2 saturated heterocycles. The highest BCUT2D eigenvalue weighted by Crippen LogP contribution is 2.27. The molecule has 2 aliphatic heterocycles. The van der Waals surface area contributed by atoms with Crippen LogP contribution in [0.15, 0.2) is 24.3 Å². The maximum Gasteiger partial charge on any atom is 0.225 e. The fourth-order valence-electron chi connectivity index (χ4n) is 4.06. The van der Waals surface area contributed by atoms with E-state index in [1.165, 1.54) is 11.1 Å². The Bertz CT molecular complexity index is 554. The second-order valence-electron chi connectivity index (χ2n) is 7.19. The molecule has 0 radical (unpaired) electrons. The third-order valence-corrected chi connectivity index (χ3v) is 5.43. The van der Waals surface area contributed by atoms with Gasteiger partial charge < -0.3 is 14.4 Å². The molecule has 132 valence electrons. The molecule has 1 amide bonds. The predicted octanol–water partition coefficient (Wildman–Crippen LogP) is 2.83. The lowest BCUT2D eigenvalue weighted by Gasteiger charge is -2.40. The zero-order valence-electron chi connectivity index (χ0n) is 14.9. The number of carbonyl (C=O) groups is 1. The highest BCUT2D eigenvalue weighted by molar-refractivity contribution is 5.79. The van der Waals surface area contributed by atoms with E-state index in [2.05, 4.69) is 36.1 Å². The molecule has 2 atom stereocenters. The number of benzene rings is 1. The third-order valence-electron chi connectivity index (χ3n) is 5.43. The Morgan fingerprint density at radius 1 is 1.29 bits per heavy atom. The average molecular weight is 331 g/mol. The van der Waals surface area contributed by atoms with Gasteiger partial charge in [-0.2, -0.15) is 0 Å². The van der Waals surface area contributed by atoms with Gasteiger partial charge in [0.25, 0.3) is 0 Å². The van der Waals surface area contributed by atoms with Crippen molar-refractivity contribution in [3.05, 3.63) is 35.4 Å². The number of hydrogen-bond donors (Lipinski definition) is 0. The van der Waals surface area contributed by atoms with Gasteiger partial charge in [-0.05, 0) is 38.2 Å². The quantitative estimate of drug-likeness (QED) is 0.851. The number of amides is 1. The van der Waals surface area contributed by atoms with Crippen LogP contribution in [0.2, 0.25) is 0 Å². The average Bonchev–Trinajstić information content (AvgIpc) is 2.62. The Kier molecular flexibility index (Phi) is 5.90. The van der Waals surface area contributed by atoms with Gasteiger partial charge in [-0.1, -0.05) is 29.8 Å². The molecule has 4 nitrogen and oxygen atoms in total. The highest BCUT2D eigenvalue weighted by Gasteiger charge is 2.34. The monoisotopic (exact) mass is 331 g/mol. The van der Waals surface area contributed by atoms with Crippen molar-refractivity contribution in [2.75, 3.05) is 33.4 Å². The minimum absolute atomic E-state index is 0.150. The summed E-state index contributed by atoms with van der Waals surface area (Å²) in [5.41, 5.74) is 2.62. The van der Waals surface area contributed by atoms with E-state index in [4.69, 9.17) is 9.47 Å². The van der Waals surface area contributed by atoms with Gasteiger partial charge in [0.15, 0.2) is 0 Å². The first-order valence-electron chi connectivity index (χ1n) is 9.12. The molecular weight excluding hydrogens is 302 g/mol. The van der Waals surface area contributed by atoms with Crippen LogP contribution in [0.25, 0.3) is 0 Å². The number of likely N-dealkylation sites (tertiary alicyclic amines) is 1. The van der Waals surface area contributed by atoms with Gasteiger partial charge in [0.1, 0.15) is 0 Å². The predicted molar refractivity (Wildman–Crippen MR) is 93.9 cm³/mol. The Labute approximate surface area is 145 Å². The van der Waals surface area contributed by atoms with E-state index in [9.17, 15) is 4.79 Å². The zero-order chi connectivity index (χ0) is 16.9. The molecule has 4 heteroatoms. The molecule has 0 bridgehead atoms. The van der Waals surface area contributed by atoms with Gasteiger partial charge in [-0.15, -0.1) is 0 Å². The number of methoxy groups -OCH3 is 1. The summed E-state index contributed by atoms with van der Waals surface area (Å²) < 4.78 is 11.1. The summed E-state index contributed by atoms with van der Waals surface area (Å²) in [6, 6.07) is 8.66. The molecule has 2 aliphatic rings. The first-order valence-corrected chi connectivity index (χ1v) is 9.12. The summed E-state index contributed by atoms with van der Waals surface area (Å²) >= 11 is 0. The van der Waals surface area contributed by atoms with Crippen LogP contribution >= 0.6 is 0 Å². The summed E-state index contributed by atoms with van der Waals surface area (Å²) in [6.07, 6.45) is 3.88. The minimum Gasteiger partial charge on any atom is -0.381 e. The van der Waals surface area contributed by atoms with Gasteiger partial charge >= 0.3 is 0 Å². The van der Waals surface area contributed by atoms with E-state index < -0.39 is 0 Å². The summed E-state index contributed by atoms with van der Waals surface area (Å²) in [6.45, 7) is 5.19. The highest BCUT2D eigenvalue weighted by atomic mass is 16.5. The van der Waals surface area contributed by atoms with Gasteiger partial charge in [-0.25, -0.2) is 0 Å². The number of piperidine rings is 1. The second kappa shape index (κ2) is 8.13. The lowest BCUT2D eigenvalue weighted by molar-refractivity contribution is -0.142. The first kappa shape index (κ1) is 17.4. The van der Waals surface area contributed by atoms with Crippen LogP contribution in [0, 0.1) is 18.8 Å². The standard InChI is InChI=1S/C20H29NO3/c1-15-4-3-5-16(12-15)13-18-14-21(9-6-19(18)23-2)20(22)17-7-10-24-11-8-17/h3-5,12,17-19H,6-11,13-14H2,1-2H3/t18-,19+/m1/s1. The van der Waals surface area contributed by atoms with Gasteiger partial charge in [0.05, 0.1) is 6.10 Å². The van der Waals surface area contributed by atoms with Crippen LogP contribution in [-0.2, 0) is 20.7 Å². The summed E-state index contributed by atoms with van der Waals surface area (Å²) in [7, 11) is 1.80. The molecule has 3 rings (SSSR count). The number of ether oxygens (including phenoxy) is 2. The van der Waals surface area contributed by atoms with E-state index in [0.717, 1.165) is 52.0 Å². The van der Waals surface area contributed by atoms with E-state index in [1.54, 1.807) is 7.11 Å². The van der Waals surface area contributed by atoms with Crippen LogP contribution in [0.4, 0.5) is 0 Å². The Balaban J connectivity index is 1.66. The Hall–Kier alpha value is -1.39. The lowest BCUT2D eigenvalue weighted by Crippen LogP contribution is -2.49. The summed E-state index contributed by atoms with van der Waals surface area (Å²) in [5.74, 6) is 0.842. The van der Waals surface area contributed by atoms with E-state index in [1.807, 2.05) is 0 Å². The minimum atomic E-state index is 0.150. The van der Waals surface area contributed by atoms with Crippen LogP contribution in [0.5, 0.6) is 0 Å². The zero-order valence-corrected chi connectivity index (χ0v) is 14.9. The van der Waals surface area contributed by atoms with Crippen LogP contribution in [-0.4, -0.2) is 50.3 Å². The number of nitrogens with zero attached hydrogens (tertiary/aromatic N) is 1. The van der Waals surface area contributed by atoms with Crippen molar-refractivity contribution in [1.82, 2.24) is 4.90 Å². The van der Waals surface area contributed by atoms with Crippen molar-refractivity contribution in [3.8, 4) is 0 Å². The number of aryl methyl sites for hydroxylation is 1. The molecule has 24 heavy (non-hydrogen) atoms. The largest absolute Gasteiger partial charge is 0.381 e. The first-order chi connectivity index (χ1) is 11.7. The van der Waals surface area contributed by atoms with Crippen LogP contribution in [0.3, 0.4) is 0 Å². The number of hydrogen-bond acceptors (Lipinski definition) is 3. The van der Waals surface area contributed by atoms with Crippen molar-refractivity contribution in [1.29, 1.82) is 0 Å². The molecule has 0 aliphatic carbocycles. The van der Waals surface area contributed by atoms with Crippen molar-refractivity contribution in [2.45, 2.75) is 38.7 Å². The van der Waals surface area contributed by atoms with E-state index in [0.29, 0.717) is 11.8 Å². The summed E-state index contributed by atoms with van der Waals surface area (Å²) in [5, 5.41) is 0. The van der Waals surface area contributed by atoms with Crippen molar-refractivity contribution < 1.29 is 14.3 Å². The molecule has 1 aromatic rings. The molecule has 0 unspecified atom stereocenters. The van der Waals surface area contributed by atoms with Gasteiger partial charge in [0, 0.05) is 45.2 Å². The van der Waals surface area contributed by atoms with E-state index in [-0.39, 0.29) is 12.0 Å². The fraction of sp³-hybridized carbons (Fsp3) is 0.650. The maximum atomic E-state index is 12.8. The number of carbonyl (C=O) groups excluding carboxylic acids is 1. The van der Waals surface area contributed by atoms with E-state index >= 15 is 0 Å². The Morgan fingerprint density at radius 2 is 2.08 bits per heavy atom. The topological polar surface area (TPSA) is 38.8 Å². The normalized spacial score (nSPS) is 25.7. The fourth-order valence-corrected chi connectivity index (χ4v) is 4.06. The smallest absolute Gasteiger partial charge is 0.225 e. The number of rotatable bonds is 4. The van der Waals surface area contributed by atoms with Crippen LogP contribution in [0.1, 0.15) is 30.4 Å². The molecule has 0 aromatic heterocycles. The summed E-state index contributed by atoms with van der Waals surface area (Å²) in [4.78, 5) is 14.9. The van der Waals surface area contributed by atoms with Crippen molar-refractivity contribution >= 4 is 5.91 Å². The molecule has 2 fully saturated rings. The molecule has 0 N–H and O–H groups in total. The Morgan fingerprint density at radius 3 is 2.79 bits per heavy atom. The molecule has 0 saturated carbocycles. The molecule has 0 spiro atoms. The van der Waals surface area contributed by atoms with Crippen molar-refractivity contribution in [2.24, 2.45) is 11.8 Å².